The number of unbranched alkanes of at least 4 members (excludes halogenated alkanes) is 13. The molecular formula is C22H42F2O. The Morgan fingerprint density at radius 1 is 0.640 bits per heavy atom. The number of rotatable bonds is 17. The number of carbonyl (C=O) groups is 1. The molecule has 0 spiro atoms. The zero-order valence-corrected chi connectivity index (χ0v) is 17.1. The highest BCUT2D eigenvalue weighted by Crippen LogP contribution is 2.19. The van der Waals surface area contributed by atoms with Gasteiger partial charge in [0.1, 0.15) is 5.78 Å². The molecule has 150 valence electrons. The second-order valence-electron chi connectivity index (χ2n) is 8.55. The second-order valence-corrected chi connectivity index (χ2v) is 8.55. The summed E-state index contributed by atoms with van der Waals surface area (Å²) < 4.78 is 23.9. The molecule has 0 heterocycles. The van der Waals surface area contributed by atoms with Gasteiger partial charge in [-0.1, -0.05) is 97.8 Å². The number of hydrogen-bond donors (Lipinski definition) is 0. The number of halogens is 2. The van der Waals surface area contributed by atoms with E-state index in [9.17, 15) is 13.6 Å². The van der Waals surface area contributed by atoms with E-state index >= 15 is 0 Å². The molecule has 0 bridgehead atoms. The van der Waals surface area contributed by atoms with Crippen LogP contribution in [0.2, 0.25) is 0 Å². The lowest BCUT2D eigenvalue weighted by Crippen LogP contribution is -2.19. The van der Waals surface area contributed by atoms with Crippen LogP contribution in [0.25, 0.3) is 0 Å². The monoisotopic (exact) mass is 360 g/mol. The zero-order chi connectivity index (χ0) is 19.0. The molecule has 0 aromatic carbocycles. The highest BCUT2D eigenvalue weighted by molar-refractivity contribution is 5.83. The quantitative estimate of drug-likeness (QED) is 0.239. The molecule has 0 atom stereocenters. The van der Waals surface area contributed by atoms with Gasteiger partial charge in [0.15, 0.2) is 0 Å². The maximum atomic E-state index is 12.0. The van der Waals surface area contributed by atoms with Crippen molar-refractivity contribution in [1.82, 2.24) is 0 Å². The standard InChI is InChI=1S/C22H42F2O/c1-22(2,3)20(25)18-16-14-12-10-8-6-4-5-7-9-11-13-15-17-19-21(23)24/h21H,4-19H2,1-3H3. The average Bonchev–Trinajstić information content (AvgIpc) is 2.53. The summed E-state index contributed by atoms with van der Waals surface area (Å²) in [7, 11) is 0. The Balaban J connectivity index is 3.13. The van der Waals surface area contributed by atoms with Crippen molar-refractivity contribution in [3.05, 3.63) is 0 Å². The molecule has 0 saturated carbocycles. The lowest BCUT2D eigenvalue weighted by atomic mass is 9.88. The van der Waals surface area contributed by atoms with Crippen molar-refractivity contribution in [2.24, 2.45) is 5.41 Å². The van der Waals surface area contributed by atoms with E-state index in [0.29, 0.717) is 12.2 Å². The summed E-state index contributed by atoms with van der Waals surface area (Å²) in [5, 5.41) is 0. The molecule has 0 aliphatic rings. The van der Waals surface area contributed by atoms with E-state index in [0.717, 1.165) is 25.7 Å². The van der Waals surface area contributed by atoms with Crippen LogP contribution in [-0.2, 0) is 4.79 Å². The molecular weight excluding hydrogens is 318 g/mol. The van der Waals surface area contributed by atoms with Gasteiger partial charge in [0.05, 0.1) is 0 Å². The van der Waals surface area contributed by atoms with Crippen molar-refractivity contribution >= 4 is 5.78 Å². The summed E-state index contributed by atoms with van der Waals surface area (Å²) in [6.07, 6.45) is 15.3. The van der Waals surface area contributed by atoms with Crippen molar-refractivity contribution in [2.45, 2.75) is 130 Å². The lowest BCUT2D eigenvalue weighted by Gasteiger charge is -2.16. The molecule has 0 aliphatic heterocycles. The van der Waals surface area contributed by atoms with Gasteiger partial charge in [0, 0.05) is 18.3 Å². The minimum Gasteiger partial charge on any atom is -0.299 e. The Morgan fingerprint density at radius 2 is 0.960 bits per heavy atom. The van der Waals surface area contributed by atoms with E-state index in [1.165, 1.54) is 64.2 Å². The van der Waals surface area contributed by atoms with Gasteiger partial charge in [-0.15, -0.1) is 0 Å². The van der Waals surface area contributed by atoms with Crippen LogP contribution in [0.1, 0.15) is 124 Å². The first-order valence-corrected chi connectivity index (χ1v) is 10.7. The molecule has 0 aromatic heterocycles. The second kappa shape index (κ2) is 15.8. The summed E-state index contributed by atoms with van der Waals surface area (Å²) in [5.74, 6) is 0.390. The van der Waals surface area contributed by atoms with Gasteiger partial charge in [-0.2, -0.15) is 0 Å². The SMILES string of the molecule is CC(C)(C)C(=O)CCCCCCCCCCCCCCCCC(F)F. The molecule has 25 heavy (non-hydrogen) atoms. The van der Waals surface area contributed by atoms with Gasteiger partial charge in [-0.25, -0.2) is 8.78 Å². The molecule has 0 N–H and O–H groups in total. The summed E-state index contributed by atoms with van der Waals surface area (Å²) in [6.45, 7) is 6.01. The average molecular weight is 361 g/mol. The summed E-state index contributed by atoms with van der Waals surface area (Å²) in [5.41, 5.74) is -0.175. The van der Waals surface area contributed by atoms with Crippen molar-refractivity contribution in [1.29, 1.82) is 0 Å². The molecule has 0 rings (SSSR count). The predicted molar refractivity (Wildman–Crippen MR) is 104 cm³/mol. The fourth-order valence-electron chi connectivity index (χ4n) is 3.08. The molecule has 0 radical (unpaired) electrons. The van der Waals surface area contributed by atoms with Crippen LogP contribution in [0.15, 0.2) is 0 Å². The third-order valence-electron chi connectivity index (χ3n) is 4.91. The van der Waals surface area contributed by atoms with Gasteiger partial charge in [-0.3, -0.25) is 4.79 Å². The molecule has 0 saturated heterocycles. The van der Waals surface area contributed by atoms with Crippen LogP contribution < -0.4 is 0 Å². The van der Waals surface area contributed by atoms with Gasteiger partial charge >= 0.3 is 0 Å². The maximum absolute atomic E-state index is 12.0. The first-order chi connectivity index (χ1) is 11.8. The largest absolute Gasteiger partial charge is 0.299 e. The van der Waals surface area contributed by atoms with E-state index in [1.54, 1.807) is 0 Å². The van der Waals surface area contributed by atoms with E-state index in [4.69, 9.17) is 0 Å². The Bertz CT molecular complexity index is 308. The topological polar surface area (TPSA) is 17.1 Å². The Labute approximate surface area is 155 Å². The normalized spacial score (nSPS) is 12.1. The minimum atomic E-state index is -2.12. The Morgan fingerprint density at radius 3 is 1.28 bits per heavy atom. The van der Waals surface area contributed by atoms with E-state index in [1.807, 2.05) is 20.8 Å². The number of carbonyl (C=O) groups excluding carboxylic acids is 1. The summed E-state index contributed by atoms with van der Waals surface area (Å²) in [4.78, 5) is 11.8. The molecule has 0 aliphatic carbocycles. The molecule has 3 heteroatoms. The van der Waals surface area contributed by atoms with Crippen molar-refractivity contribution in [3.8, 4) is 0 Å². The fraction of sp³-hybridized carbons (Fsp3) is 0.955. The van der Waals surface area contributed by atoms with Crippen molar-refractivity contribution in [2.75, 3.05) is 0 Å². The number of ketones is 1. The van der Waals surface area contributed by atoms with Gasteiger partial charge in [0.25, 0.3) is 0 Å². The minimum absolute atomic E-state index is 0.0763. The van der Waals surface area contributed by atoms with Crippen LogP contribution >= 0.6 is 0 Å². The maximum Gasteiger partial charge on any atom is 0.238 e. The highest BCUT2D eigenvalue weighted by atomic mass is 19.3. The number of Topliss-reactive ketones (excluding diaryl/α,β-unsaturated/α-hetero) is 1. The number of hydrogen-bond acceptors (Lipinski definition) is 1. The zero-order valence-electron chi connectivity index (χ0n) is 17.1. The van der Waals surface area contributed by atoms with Crippen molar-refractivity contribution in [3.63, 3.8) is 0 Å². The third-order valence-corrected chi connectivity index (χ3v) is 4.91. The Kier molecular flexibility index (Phi) is 15.5. The van der Waals surface area contributed by atoms with E-state index < -0.39 is 6.43 Å². The fourth-order valence-corrected chi connectivity index (χ4v) is 3.08. The molecule has 0 fully saturated rings. The molecule has 0 unspecified atom stereocenters. The molecule has 0 aromatic rings. The first kappa shape index (κ1) is 24.5. The van der Waals surface area contributed by atoms with Crippen LogP contribution in [0, 0.1) is 5.41 Å². The lowest BCUT2D eigenvalue weighted by molar-refractivity contribution is -0.126. The number of alkyl halides is 2. The highest BCUT2D eigenvalue weighted by Gasteiger charge is 2.19. The van der Waals surface area contributed by atoms with Crippen LogP contribution in [-0.4, -0.2) is 12.2 Å². The molecule has 0 amide bonds. The van der Waals surface area contributed by atoms with Gasteiger partial charge in [0.2, 0.25) is 6.43 Å². The third kappa shape index (κ3) is 18.1. The van der Waals surface area contributed by atoms with Crippen LogP contribution in [0.4, 0.5) is 8.78 Å². The summed E-state index contributed by atoms with van der Waals surface area (Å²) in [6, 6.07) is 0. The smallest absolute Gasteiger partial charge is 0.238 e. The molecule has 1 nitrogen and oxygen atoms in total. The Hall–Kier alpha value is -0.470. The first-order valence-electron chi connectivity index (χ1n) is 10.7. The van der Waals surface area contributed by atoms with Crippen molar-refractivity contribution < 1.29 is 13.6 Å². The summed E-state index contributed by atoms with van der Waals surface area (Å²) >= 11 is 0. The van der Waals surface area contributed by atoms with E-state index in [-0.39, 0.29) is 11.8 Å². The van der Waals surface area contributed by atoms with Gasteiger partial charge < -0.3 is 0 Å². The van der Waals surface area contributed by atoms with E-state index in [2.05, 4.69) is 0 Å². The van der Waals surface area contributed by atoms with Crippen LogP contribution in [0.5, 0.6) is 0 Å². The van der Waals surface area contributed by atoms with Gasteiger partial charge in [-0.05, 0) is 12.8 Å². The predicted octanol–water partition coefficient (Wildman–Crippen LogP) is 8.11. The van der Waals surface area contributed by atoms with Crippen LogP contribution in [0.3, 0.4) is 0 Å².